The quantitative estimate of drug-likeness (QED) is 0.188. The number of hydrogen-bond donors (Lipinski definition) is 2. The predicted molar refractivity (Wildman–Crippen MR) is 175 cm³/mol. The van der Waals surface area contributed by atoms with Gasteiger partial charge in [-0.2, -0.15) is 0 Å². The molecule has 0 atom stereocenters. The van der Waals surface area contributed by atoms with Crippen LogP contribution in [0.2, 0.25) is 0 Å². The number of carbonyl (C=O) groups is 1. The molecule has 2 N–H and O–H groups in total. The Hall–Kier alpha value is -4.51. The third-order valence-corrected chi connectivity index (χ3v) is 6.89. The summed E-state index contributed by atoms with van der Waals surface area (Å²) in [5.74, 6) is 1.42. The van der Waals surface area contributed by atoms with Gasteiger partial charge in [-0.15, -0.1) is 0 Å². The van der Waals surface area contributed by atoms with E-state index in [4.69, 9.17) is 24.4 Å². The number of allylic oxidation sites excluding steroid dienone is 2. The molecule has 0 aliphatic rings. The van der Waals surface area contributed by atoms with Crippen molar-refractivity contribution in [3.63, 3.8) is 0 Å². The van der Waals surface area contributed by atoms with Crippen molar-refractivity contribution in [1.29, 1.82) is 5.41 Å². The number of aryl methyl sites for hydroxylation is 1. The van der Waals surface area contributed by atoms with Gasteiger partial charge in [0.2, 0.25) is 0 Å². The monoisotopic (exact) mass is 607 g/mol. The van der Waals surface area contributed by atoms with Gasteiger partial charge in [0.05, 0.1) is 36.5 Å². The highest BCUT2D eigenvalue weighted by Gasteiger charge is 2.27. The van der Waals surface area contributed by atoms with E-state index in [0.717, 1.165) is 17.6 Å². The molecule has 3 rings (SSSR count). The summed E-state index contributed by atoms with van der Waals surface area (Å²) in [6.45, 7) is 11.9. The molecule has 238 valence electrons. The van der Waals surface area contributed by atoms with E-state index >= 15 is 0 Å². The molecule has 44 heavy (non-hydrogen) atoms. The molecule has 2 aromatic carbocycles. The lowest BCUT2D eigenvalue weighted by molar-refractivity contribution is 0.0589. The van der Waals surface area contributed by atoms with Gasteiger partial charge in [0, 0.05) is 39.4 Å². The van der Waals surface area contributed by atoms with Crippen LogP contribution >= 0.6 is 0 Å². The van der Waals surface area contributed by atoms with E-state index in [0.29, 0.717) is 46.7 Å². The molecule has 0 saturated carbocycles. The number of rotatable bonds is 12. The number of ether oxygens (including phenoxy) is 4. The van der Waals surface area contributed by atoms with E-state index in [2.05, 4.69) is 5.32 Å². The zero-order chi connectivity index (χ0) is 32.8. The normalized spacial score (nSPS) is 11.7. The van der Waals surface area contributed by atoms with Crippen LogP contribution in [0.5, 0.6) is 11.5 Å². The molecule has 0 saturated heterocycles. The highest BCUT2D eigenvalue weighted by atomic mass is 16.6. The number of imidazole rings is 1. The van der Waals surface area contributed by atoms with E-state index < -0.39 is 17.4 Å². The second-order valence-electron chi connectivity index (χ2n) is 11.4. The molecule has 0 aliphatic carbocycles. The molecule has 11 nitrogen and oxygen atoms in total. The molecule has 0 radical (unpaired) electrons. The maximum Gasteiger partial charge on any atom is 0.414 e. The number of nitrogens with zero attached hydrogens (tertiary/aromatic N) is 3. The number of amides is 1. The van der Waals surface area contributed by atoms with Gasteiger partial charge in [0.25, 0.3) is 0 Å². The van der Waals surface area contributed by atoms with Crippen LogP contribution in [0.1, 0.15) is 52.3 Å². The smallest absolute Gasteiger partial charge is 0.414 e. The Kier molecular flexibility index (Phi) is 11.1. The van der Waals surface area contributed by atoms with Crippen molar-refractivity contribution >= 4 is 23.3 Å². The number of hydrogen-bond acceptors (Lipinski definition) is 8. The largest absolute Gasteiger partial charge is 0.496 e. The minimum absolute atomic E-state index is 0.155. The summed E-state index contributed by atoms with van der Waals surface area (Å²) in [6, 6.07) is 10.6. The van der Waals surface area contributed by atoms with E-state index in [-0.39, 0.29) is 12.3 Å². The maximum absolute atomic E-state index is 14.5. The van der Waals surface area contributed by atoms with Crippen molar-refractivity contribution in [1.82, 2.24) is 9.13 Å². The second kappa shape index (κ2) is 14.3. The first-order valence-electron chi connectivity index (χ1n) is 14.5. The van der Waals surface area contributed by atoms with Crippen LogP contribution in [0.4, 0.5) is 16.3 Å². The lowest BCUT2D eigenvalue weighted by Crippen LogP contribution is -2.34. The Bertz CT molecular complexity index is 1600. The van der Waals surface area contributed by atoms with E-state index in [1.807, 2.05) is 32.9 Å². The first-order valence-corrected chi connectivity index (χ1v) is 14.5. The van der Waals surface area contributed by atoms with Crippen LogP contribution in [-0.2, 0) is 9.47 Å². The van der Waals surface area contributed by atoms with Gasteiger partial charge in [-0.3, -0.25) is 14.9 Å². The van der Waals surface area contributed by atoms with Gasteiger partial charge in [-0.1, -0.05) is 18.6 Å². The number of carbonyl (C=O) groups excluding carboxylic acids is 1. The van der Waals surface area contributed by atoms with Crippen molar-refractivity contribution in [2.24, 2.45) is 0 Å². The zero-order valence-electron chi connectivity index (χ0n) is 27.5. The number of benzene rings is 2. The van der Waals surface area contributed by atoms with E-state index in [1.54, 1.807) is 79.4 Å². The summed E-state index contributed by atoms with van der Waals surface area (Å²) >= 11 is 0. The number of nitrogens with one attached hydrogen (secondary N) is 2. The van der Waals surface area contributed by atoms with Gasteiger partial charge >= 0.3 is 11.8 Å². The van der Waals surface area contributed by atoms with Crippen LogP contribution in [-0.4, -0.2) is 68.1 Å². The van der Waals surface area contributed by atoms with Crippen LogP contribution in [0.3, 0.4) is 0 Å². The molecule has 11 heteroatoms. The lowest BCUT2D eigenvalue weighted by atomic mass is 10.1. The van der Waals surface area contributed by atoms with Crippen molar-refractivity contribution in [3.05, 3.63) is 69.8 Å². The maximum atomic E-state index is 14.5. The number of methoxy groups -OCH3 is 2. The molecular formula is C33H45N5O6. The molecule has 0 fully saturated rings. The van der Waals surface area contributed by atoms with Crippen molar-refractivity contribution in [2.45, 2.75) is 53.6 Å². The Morgan fingerprint density at radius 2 is 1.77 bits per heavy atom. The molecule has 0 aliphatic heterocycles. The molecule has 1 heterocycles. The molecular weight excluding hydrogens is 562 g/mol. The summed E-state index contributed by atoms with van der Waals surface area (Å²) in [7, 11) is 6.45. The van der Waals surface area contributed by atoms with E-state index in [9.17, 15) is 9.59 Å². The minimum atomic E-state index is -0.706. The first-order chi connectivity index (χ1) is 20.8. The highest BCUT2D eigenvalue weighted by molar-refractivity contribution is 6.09. The summed E-state index contributed by atoms with van der Waals surface area (Å²) in [4.78, 5) is 28.8. The second-order valence-corrected chi connectivity index (χ2v) is 11.4. The van der Waals surface area contributed by atoms with Gasteiger partial charge in [0.1, 0.15) is 35.2 Å². The Morgan fingerprint density at radius 3 is 2.36 bits per heavy atom. The van der Waals surface area contributed by atoms with Crippen LogP contribution in [0, 0.1) is 12.3 Å². The molecule has 1 aromatic heterocycles. The van der Waals surface area contributed by atoms with Crippen LogP contribution < -0.4 is 25.4 Å². The fourth-order valence-corrected chi connectivity index (χ4v) is 4.48. The number of aromatic nitrogens is 2. The zero-order valence-corrected chi connectivity index (χ0v) is 27.5. The Labute approximate surface area is 259 Å². The third-order valence-electron chi connectivity index (χ3n) is 6.89. The molecule has 0 spiro atoms. The predicted octanol–water partition coefficient (Wildman–Crippen LogP) is 6.11. The number of anilines is 2. The average Bonchev–Trinajstić information content (AvgIpc) is 3.28. The van der Waals surface area contributed by atoms with Gasteiger partial charge in [-0.05, 0) is 64.8 Å². The summed E-state index contributed by atoms with van der Waals surface area (Å²) < 4.78 is 25.2. The Morgan fingerprint density at radius 1 is 1.07 bits per heavy atom. The summed E-state index contributed by atoms with van der Waals surface area (Å²) in [6.07, 6.45) is 1.95. The standard InChI is InChI=1S/C33H45N5O6/c1-11-21(2)16-27(34)29-30(35-7)38(31(39)37(29)23-13-12-22(3)28(20-23)42-10)25-17-24(18-26(19-25)43-15-14-41-9)36(8)32(40)44-33(4,5)6/h12-13,16-20,34-35H,11,14-15H2,1-10H3/b21-16+,34-27?. The third kappa shape index (κ3) is 7.71. The van der Waals surface area contributed by atoms with Crippen LogP contribution in [0.25, 0.3) is 11.4 Å². The lowest BCUT2D eigenvalue weighted by Gasteiger charge is -2.25. The Balaban J connectivity index is 2.37. The summed E-state index contributed by atoms with van der Waals surface area (Å²) in [5.41, 5.74) is 2.68. The van der Waals surface area contributed by atoms with Crippen LogP contribution in [0.15, 0.2) is 52.8 Å². The molecule has 1 amide bonds. The SMILES string of the molecule is CC/C(C)=C/C(=N)c1c(NC)n(-c2cc(OCCOC)cc(N(C)C(=O)OC(C)(C)C)c2)c(=O)n1-c1ccc(C)c(OC)c1. The summed E-state index contributed by atoms with van der Waals surface area (Å²) in [5, 5.41) is 12.2. The molecule has 0 unspecified atom stereocenters. The first kappa shape index (κ1) is 34.0. The van der Waals surface area contributed by atoms with Gasteiger partial charge in [0.15, 0.2) is 0 Å². The van der Waals surface area contributed by atoms with E-state index in [1.165, 1.54) is 14.0 Å². The minimum Gasteiger partial charge on any atom is -0.496 e. The fraction of sp³-hybridized carbons (Fsp3) is 0.424. The highest BCUT2D eigenvalue weighted by Crippen LogP contribution is 2.31. The molecule has 0 bridgehead atoms. The van der Waals surface area contributed by atoms with Crippen molar-refractivity contribution in [3.8, 4) is 22.9 Å². The van der Waals surface area contributed by atoms with Gasteiger partial charge in [-0.25, -0.2) is 14.2 Å². The van der Waals surface area contributed by atoms with Gasteiger partial charge < -0.3 is 24.3 Å². The average molecular weight is 608 g/mol. The van der Waals surface area contributed by atoms with Crippen molar-refractivity contribution < 1.29 is 23.7 Å². The fourth-order valence-electron chi connectivity index (χ4n) is 4.48. The van der Waals surface area contributed by atoms with Crippen molar-refractivity contribution in [2.75, 3.05) is 51.7 Å². The topological polar surface area (TPSA) is 120 Å². The molecule has 3 aromatic rings.